The number of hydrogen-bond donors (Lipinski definition) is 1. The zero-order valence-corrected chi connectivity index (χ0v) is 15.5. The van der Waals surface area contributed by atoms with Crippen molar-refractivity contribution in [2.45, 2.75) is 25.9 Å². The monoisotopic (exact) mass is 369 g/mol. The third kappa shape index (κ3) is 3.80. The molecule has 1 aliphatic rings. The maximum absolute atomic E-state index is 12.7. The first-order valence-corrected chi connectivity index (χ1v) is 9.02. The van der Waals surface area contributed by atoms with E-state index < -0.39 is 0 Å². The summed E-state index contributed by atoms with van der Waals surface area (Å²) >= 11 is 0. The Kier molecular flexibility index (Phi) is 4.81. The molecule has 2 amide bonds. The van der Waals surface area contributed by atoms with Crippen molar-refractivity contribution in [2.75, 3.05) is 20.3 Å². The number of amides is 2. The van der Waals surface area contributed by atoms with Crippen LogP contribution in [0.1, 0.15) is 17.1 Å². The van der Waals surface area contributed by atoms with Gasteiger partial charge < -0.3 is 23.9 Å². The van der Waals surface area contributed by atoms with E-state index in [1.807, 2.05) is 41.8 Å². The highest BCUT2D eigenvalue weighted by Gasteiger charge is 2.31. The minimum Gasteiger partial charge on any atom is -0.379 e. The lowest BCUT2D eigenvalue weighted by molar-refractivity contribution is 0.178. The minimum atomic E-state index is -0.130. The maximum atomic E-state index is 12.7. The SMILES string of the molecule is Cc1cc(C[C@@H]2COC[C@@H]2NC(=O)N(C)Cc2cnc3ccccn23)on1. The van der Waals surface area contributed by atoms with Gasteiger partial charge in [-0.15, -0.1) is 0 Å². The normalized spacial score (nSPS) is 19.5. The van der Waals surface area contributed by atoms with Crippen LogP contribution in [0, 0.1) is 12.8 Å². The zero-order chi connectivity index (χ0) is 18.8. The van der Waals surface area contributed by atoms with Gasteiger partial charge in [-0.25, -0.2) is 9.78 Å². The smallest absolute Gasteiger partial charge is 0.317 e. The predicted octanol–water partition coefficient (Wildman–Crippen LogP) is 2.03. The van der Waals surface area contributed by atoms with Gasteiger partial charge in [-0.1, -0.05) is 11.2 Å². The first kappa shape index (κ1) is 17.5. The molecule has 3 aromatic heterocycles. The molecule has 4 heterocycles. The fourth-order valence-electron chi connectivity index (χ4n) is 3.42. The molecular formula is C19H23N5O3. The molecule has 0 radical (unpaired) electrons. The first-order chi connectivity index (χ1) is 13.1. The van der Waals surface area contributed by atoms with Gasteiger partial charge in [-0.3, -0.25) is 0 Å². The highest BCUT2D eigenvalue weighted by atomic mass is 16.5. The Balaban J connectivity index is 1.37. The number of carbonyl (C=O) groups is 1. The van der Waals surface area contributed by atoms with E-state index >= 15 is 0 Å². The van der Waals surface area contributed by atoms with Crippen LogP contribution >= 0.6 is 0 Å². The predicted molar refractivity (Wildman–Crippen MR) is 98.2 cm³/mol. The van der Waals surface area contributed by atoms with E-state index in [1.165, 1.54) is 0 Å². The number of fused-ring (bicyclic) bond motifs is 1. The lowest BCUT2D eigenvalue weighted by Crippen LogP contribution is -2.46. The van der Waals surface area contributed by atoms with E-state index in [0.29, 0.717) is 26.2 Å². The molecule has 0 aromatic carbocycles. The molecule has 8 nitrogen and oxygen atoms in total. The van der Waals surface area contributed by atoms with Crippen molar-refractivity contribution in [2.24, 2.45) is 5.92 Å². The average Bonchev–Trinajstić information content (AvgIpc) is 3.37. The number of aryl methyl sites for hydroxylation is 1. The summed E-state index contributed by atoms with van der Waals surface area (Å²) in [5.41, 5.74) is 2.68. The summed E-state index contributed by atoms with van der Waals surface area (Å²) in [6.45, 7) is 3.47. The molecule has 142 valence electrons. The Morgan fingerprint density at radius 3 is 3.11 bits per heavy atom. The Bertz CT molecular complexity index is 934. The maximum Gasteiger partial charge on any atom is 0.317 e. The summed E-state index contributed by atoms with van der Waals surface area (Å²) in [7, 11) is 1.78. The lowest BCUT2D eigenvalue weighted by Gasteiger charge is -2.23. The van der Waals surface area contributed by atoms with Gasteiger partial charge in [-0.2, -0.15) is 0 Å². The van der Waals surface area contributed by atoms with Crippen LogP contribution in [0.5, 0.6) is 0 Å². The molecule has 1 fully saturated rings. The Labute approximate surface area is 157 Å². The average molecular weight is 369 g/mol. The molecule has 1 aliphatic heterocycles. The standard InChI is InChI=1S/C19H23N5O3/c1-13-7-16(27-22-13)8-14-11-26-12-17(14)21-19(25)23(2)10-15-9-20-18-5-3-4-6-24(15)18/h3-7,9,14,17H,8,10-12H2,1-2H3,(H,21,25)/t14-,17+/m1/s1. The van der Waals surface area contributed by atoms with Crippen molar-refractivity contribution >= 4 is 11.7 Å². The van der Waals surface area contributed by atoms with Crippen LogP contribution in [0.3, 0.4) is 0 Å². The largest absolute Gasteiger partial charge is 0.379 e. The van der Waals surface area contributed by atoms with Crippen molar-refractivity contribution in [3.05, 3.63) is 53.8 Å². The van der Waals surface area contributed by atoms with E-state index in [1.54, 1.807) is 18.1 Å². The first-order valence-electron chi connectivity index (χ1n) is 9.02. The van der Waals surface area contributed by atoms with Crippen LogP contribution in [-0.2, 0) is 17.7 Å². The highest BCUT2D eigenvalue weighted by molar-refractivity contribution is 5.74. The van der Waals surface area contributed by atoms with Crippen LogP contribution in [0.4, 0.5) is 4.79 Å². The van der Waals surface area contributed by atoms with Crippen molar-refractivity contribution in [3.63, 3.8) is 0 Å². The summed E-state index contributed by atoms with van der Waals surface area (Å²) in [4.78, 5) is 18.7. The third-order valence-electron chi connectivity index (χ3n) is 4.89. The fraction of sp³-hybridized carbons (Fsp3) is 0.421. The van der Waals surface area contributed by atoms with E-state index in [-0.39, 0.29) is 18.0 Å². The lowest BCUT2D eigenvalue weighted by atomic mass is 9.98. The number of nitrogens with one attached hydrogen (secondary N) is 1. The van der Waals surface area contributed by atoms with E-state index in [0.717, 1.165) is 22.8 Å². The van der Waals surface area contributed by atoms with Crippen LogP contribution in [0.15, 0.2) is 41.2 Å². The third-order valence-corrected chi connectivity index (χ3v) is 4.89. The number of pyridine rings is 1. The van der Waals surface area contributed by atoms with Crippen LogP contribution in [0.2, 0.25) is 0 Å². The Morgan fingerprint density at radius 1 is 1.41 bits per heavy atom. The molecule has 0 unspecified atom stereocenters. The second kappa shape index (κ2) is 7.40. The van der Waals surface area contributed by atoms with Crippen molar-refractivity contribution in [1.29, 1.82) is 0 Å². The molecule has 3 aromatic rings. The molecule has 2 atom stereocenters. The van der Waals surface area contributed by atoms with Gasteiger partial charge in [0.25, 0.3) is 0 Å². The second-order valence-electron chi connectivity index (χ2n) is 7.03. The van der Waals surface area contributed by atoms with Gasteiger partial charge in [-0.05, 0) is 19.1 Å². The molecule has 1 N–H and O–H groups in total. The number of aromatic nitrogens is 3. The second-order valence-corrected chi connectivity index (χ2v) is 7.03. The number of ether oxygens (including phenoxy) is 1. The number of nitrogens with zero attached hydrogens (tertiary/aromatic N) is 4. The molecule has 4 rings (SSSR count). The van der Waals surface area contributed by atoms with Crippen molar-refractivity contribution < 1.29 is 14.1 Å². The molecule has 8 heteroatoms. The fourth-order valence-corrected chi connectivity index (χ4v) is 3.42. The quantitative estimate of drug-likeness (QED) is 0.744. The van der Waals surface area contributed by atoms with Gasteiger partial charge in [0.1, 0.15) is 11.4 Å². The molecule has 0 aliphatic carbocycles. The number of urea groups is 1. The summed E-state index contributed by atoms with van der Waals surface area (Å²) < 4.78 is 12.9. The van der Waals surface area contributed by atoms with Gasteiger partial charge in [0.2, 0.25) is 0 Å². The summed E-state index contributed by atoms with van der Waals surface area (Å²) in [5, 5.41) is 7.01. The molecule has 0 saturated carbocycles. The van der Waals surface area contributed by atoms with Crippen molar-refractivity contribution in [3.8, 4) is 0 Å². The van der Waals surface area contributed by atoms with Crippen LogP contribution in [0.25, 0.3) is 5.65 Å². The van der Waals surface area contributed by atoms with Crippen LogP contribution < -0.4 is 5.32 Å². The van der Waals surface area contributed by atoms with E-state index in [9.17, 15) is 4.79 Å². The summed E-state index contributed by atoms with van der Waals surface area (Å²) in [6.07, 6.45) is 4.44. The number of hydrogen-bond acceptors (Lipinski definition) is 5. The van der Waals surface area contributed by atoms with Gasteiger partial charge in [0.05, 0.1) is 43.4 Å². The van der Waals surface area contributed by atoms with Crippen LogP contribution in [-0.4, -0.2) is 51.8 Å². The summed E-state index contributed by atoms with van der Waals surface area (Å²) in [6, 6.07) is 7.58. The molecule has 0 spiro atoms. The van der Waals surface area contributed by atoms with Gasteiger partial charge >= 0.3 is 6.03 Å². The van der Waals surface area contributed by atoms with E-state index in [4.69, 9.17) is 9.26 Å². The minimum absolute atomic E-state index is 0.0486. The van der Waals surface area contributed by atoms with Gasteiger partial charge in [0, 0.05) is 31.6 Å². The summed E-state index contributed by atoms with van der Waals surface area (Å²) in [5.74, 6) is 0.992. The van der Waals surface area contributed by atoms with Crippen molar-refractivity contribution in [1.82, 2.24) is 24.8 Å². The topological polar surface area (TPSA) is 84.9 Å². The Hall–Kier alpha value is -2.87. The number of imidazole rings is 1. The molecule has 1 saturated heterocycles. The number of rotatable bonds is 5. The number of carbonyl (C=O) groups excluding carboxylic acids is 1. The van der Waals surface area contributed by atoms with Gasteiger partial charge in [0.15, 0.2) is 0 Å². The molecule has 0 bridgehead atoms. The highest BCUT2D eigenvalue weighted by Crippen LogP contribution is 2.20. The van der Waals surface area contributed by atoms with E-state index in [2.05, 4.69) is 15.5 Å². The zero-order valence-electron chi connectivity index (χ0n) is 15.5. The molecule has 27 heavy (non-hydrogen) atoms. The molecular weight excluding hydrogens is 346 g/mol. The Morgan fingerprint density at radius 2 is 2.30 bits per heavy atom.